The highest BCUT2D eigenvalue weighted by Crippen LogP contribution is 2.24. The number of hydrogen-bond donors (Lipinski definition) is 1. The van der Waals surface area contributed by atoms with Gasteiger partial charge >= 0.3 is 0 Å². The highest BCUT2D eigenvalue weighted by molar-refractivity contribution is 5.40. The minimum absolute atomic E-state index is 0.377. The van der Waals surface area contributed by atoms with Crippen molar-refractivity contribution in [3.8, 4) is 0 Å². The Hall–Kier alpha value is -1.77. The molecule has 0 aliphatic rings. The number of nitrogen functional groups attached to an aromatic ring is 1. The summed E-state index contributed by atoms with van der Waals surface area (Å²) in [6, 6.07) is 10.4. The van der Waals surface area contributed by atoms with Crippen LogP contribution in [-0.2, 0) is 13.0 Å². The van der Waals surface area contributed by atoms with Crippen LogP contribution < -0.4 is 5.73 Å². The first-order valence-corrected chi connectivity index (χ1v) is 7.37. The number of nitrogens with two attached hydrogens (primary N) is 1. The van der Waals surface area contributed by atoms with Crippen LogP contribution in [0.5, 0.6) is 0 Å². The number of anilines is 1. The van der Waals surface area contributed by atoms with E-state index in [2.05, 4.69) is 56.5 Å². The molecule has 2 aromatic rings. The van der Waals surface area contributed by atoms with Gasteiger partial charge < -0.3 is 10.3 Å². The largest absolute Gasteiger partial charge is 0.384 e. The van der Waals surface area contributed by atoms with Gasteiger partial charge in [0.25, 0.3) is 0 Å². The Morgan fingerprint density at radius 3 is 2.30 bits per heavy atom. The molecule has 0 saturated carbocycles. The molecule has 3 heteroatoms. The van der Waals surface area contributed by atoms with E-state index in [1.807, 2.05) is 6.07 Å². The lowest BCUT2D eigenvalue weighted by Crippen LogP contribution is -2.10. The average Bonchev–Trinajstić information content (AvgIpc) is 2.69. The molecule has 0 saturated heterocycles. The van der Waals surface area contributed by atoms with Gasteiger partial charge in [0.05, 0.1) is 12.2 Å². The maximum atomic E-state index is 6.34. The number of imidazole rings is 1. The van der Waals surface area contributed by atoms with Crippen molar-refractivity contribution in [2.75, 3.05) is 5.73 Å². The molecule has 0 radical (unpaired) electrons. The zero-order chi connectivity index (χ0) is 14.7. The fraction of sp³-hybridized carbons (Fsp3) is 0.471. The van der Waals surface area contributed by atoms with Crippen molar-refractivity contribution in [1.82, 2.24) is 9.55 Å². The maximum Gasteiger partial charge on any atom is 0.127 e. The third-order valence-corrected chi connectivity index (χ3v) is 3.41. The van der Waals surface area contributed by atoms with Crippen LogP contribution in [0, 0.1) is 5.92 Å². The summed E-state index contributed by atoms with van der Waals surface area (Å²) in [5, 5.41) is 0. The van der Waals surface area contributed by atoms with Crippen LogP contribution in [-0.4, -0.2) is 9.55 Å². The fourth-order valence-corrected chi connectivity index (χ4v) is 2.44. The van der Waals surface area contributed by atoms with Crippen molar-refractivity contribution in [1.29, 1.82) is 0 Å². The molecule has 108 valence electrons. The molecule has 1 aromatic heterocycles. The number of benzene rings is 1. The third-order valence-electron chi connectivity index (χ3n) is 3.41. The molecular weight excluding hydrogens is 246 g/mol. The molecule has 0 spiro atoms. The van der Waals surface area contributed by atoms with E-state index in [9.17, 15) is 0 Å². The smallest absolute Gasteiger partial charge is 0.127 e. The second-order valence-corrected chi connectivity index (χ2v) is 6.13. The molecule has 0 aliphatic carbocycles. The van der Waals surface area contributed by atoms with E-state index in [0.717, 1.165) is 30.3 Å². The van der Waals surface area contributed by atoms with Gasteiger partial charge in [0, 0.05) is 5.92 Å². The first-order chi connectivity index (χ1) is 9.49. The molecular formula is C17H25N3. The highest BCUT2D eigenvalue weighted by Gasteiger charge is 2.17. The Bertz CT molecular complexity index is 553. The monoisotopic (exact) mass is 271 g/mol. The second kappa shape index (κ2) is 6.12. The predicted molar refractivity (Wildman–Crippen MR) is 84.8 cm³/mol. The van der Waals surface area contributed by atoms with E-state index in [-0.39, 0.29) is 0 Å². The molecule has 0 atom stereocenters. The number of hydrogen-bond acceptors (Lipinski definition) is 2. The van der Waals surface area contributed by atoms with E-state index in [1.165, 1.54) is 5.56 Å². The Morgan fingerprint density at radius 1 is 1.10 bits per heavy atom. The van der Waals surface area contributed by atoms with Gasteiger partial charge in [-0.25, -0.2) is 4.98 Å². The zero-order valence-electron chi connectivity index (χ0n) is 12.9. The van der Waals surface area contributed by atoms with Crippen LogP contribution in [0.2, 0.25) is 0 Å². The number of aromatic nitrogens is 2. The zero-order valence-corrected chi connectivity index (χ0v) is 12.9. The van der Waals surface area contributed by atoms with Crippen molar-refractivity contribution >= 4 is 5.82 Å². The summed E-state index contributed by atoms with van der Waals surface area (Å²) >= 11 is 0. The van der Waals surface area contributed by atoms with E-state index in [4.69, 9.17) is 10.7 Å². The molecule has 3 nitrogen and oxygen atoms in total. The summed E-state index contributed by atoms with van der Waals surface area (Å²) in [6.07, 6.45) is 0.938. The number of rotatable bonds is 5. The van der Waals surface area contributed by atoms with Crippen molar-refractivity contribution in [3.05, 3.63) is 47.4 Å². The van der Waals surface area contributed by atoms with Gasteiger partial charge in [-0.1, -0.05) is 58.0 Å². The molecule has 0 bridgehead atoms. The van der Waals surface area contributed by atoms with Crippen LogP contribution in [0.3, 0.4) is 0 Å². The number of nitrogens with zero attached hydrogens (tertiary/aromatic N) is 2. The highest BCUT2D eigenvalue weighted by atomic mass is 15.1. The van der Waals surface area contributed by atoms with Gasteiger partial charge in [-0.15, -0.1) is 0 Å². The van der Waals surface area contributed by atoms with Crippen molar-refractivity contribution in [2.24, 2.45) is 5.92 Å². The van der Waals surface area contributed by atoms with Crippen LogP contribution in [0.1, 0.15) is 50.7 Å². The van der Waals surface area contributed by atoms with Gasteiger partial charge in [0.15, 0.2) is 0 Å². The van der Waals surface area contributed by atoms with Gasteiger partial charge in [-0.3, -0.25) is 0 Å². The molecule has 2 N–H and O–H groups in total. The average molecular weight is 271 g/mol. The molecule has 20 heavy (non-hydrogen) atoms. The van der Waals surface area contributed by atoms with Gasteiger partial charge in [0.2, 0.25) is 0 Å². The Balaban J connectivity index is 2.37. The third kappa shape index (κ3) is 3.21. The summed E-state index contributed by atoms with van der Waals surface area (Å²) in [5.74, 6) is 2.85. The first kappa shape index (κ1) is 14.6. The summed E-state index contributed by atoms with van der Waals surface area (Å²) in [4.78, 5) is 4.78. The minimum atomic E-state index is 0.377. The quantitative estimate of drug-likeness (QED) is 0.898. The van der Waals surface area contributed by atoms with Crippen LogP contribution in [0.15, 0.2) is 30.3 Å². The van der Waals surface area contributed by atoms with E-state index in [1.54, 1.807) is 0 Å². The molecule has 1 aromatic carbocycles. The summed E-state index contributed by atoms with van der Waals surface area (Å²) in [5.41, 5.74) is 8.64. The molecule has 0 aliphatic heterocycles. The topological polar surface area (TPSA) is 43.8 Å². The maximum absolute atomic E-state index is 6.34. The van der Waals surface area contributed by atoms with Gasteiger partial charge in [-0.2, -0.15) is 0 Å². The van der Waals surface area contributed by atoms with Crippen molar-refractivity contribution < 1.29 is 0 Å². The molecule has 0 amide bonds. The van der Waals surface area contributed by atoms with E-state index in [0.29, 0.717) is 11.8 Å². The molecule has 2 rings (SSSR count). The fourth-order valence-electron chi connectivity index (χ4n) is 2.44. The lowest BCUT2D eigenvalue weighted by Gasteiger charge is -2.12. The van der Waals surface area contributed by atoms with Crippen LogP contribution in [0.4, 0.5) is 5.82 Å². The Kier molecular flexibility index (Phi) is 4.48. The SMILES string of the molecule is CC(C)Cc1nc(C(C)C)n(Cc2ccccc2)c1N. The van der Waals surface area contributed by atoms with Gasteiger partial charge in [-0.05, 0) is 17.9 Å². The predicted octanol–water partition coefficient (Wildman–Crippen LogP) is 3.84. The van der Waals surface area contributed by atoms with Crippen LogP contribution >= 0.6 is 0 Å². The summed E-state index contributed by atoms with van der Waals surface area (Å²) in [6.45, 7) is 9.53. The Labute approximate surface area is 121 Å². The standard InChI is InChI=1S/C17H25N3/c1-12(2)10-15-16(18)20(17(19-15)13(3)4)11-14-8-6-5-7-9-14/h5-9,12-13H,10-11,18H2,1-4H3. The molecule has 0 fully saturated rings. The van der Waals surface area contributed by atoms with Crippen molar-refractivity contribution in [2.45, 2.75) is 46.6 Å². The van der Waals surface area contributed by atoms with Gasteiger partial charge in [0.1, 0.15) is 11.6 Å². The van der Waals surface area contributed by atoms with E-state index < -0.39 is 0 Å². The summed E-state index contributed by atoms with van der Waals surface area (Å²) < 4.78 is 2.16. The summed E-state index contributed by atoms with van der Waals surface area (Å²) in [7, 11) is 0. The van der Waals surface area contributed by atoms with E-state index >= 15 is 0 Å². The molecule has 0 unspecified atom stereocenters. The van der Waals surface area contributed by atoms with Crippen molar-refractivity contribution in [3.63, 3.8) is 0 Å². The molecule has 1 heterocycles. The van der Waals surface area contributed by atoms with Crippen LogP contribution in [0.25, 0.3) is 0 Å². The lowest BCUT2D eigenvalue weighted by molar-refractivity contribution is 0.635. The first-order valence-electron chi connectivity index (χ1n) is 7.37. The Morgan fingerprint density at radius 2 is 1.75 bits per heavy atom. The normalized spacial score (nSPS) is 11.5. The lowest BCUT2D eigenvalue weighted by atomic mass is 10.1. The minimum Gasteiger partial charge on any atom is -0.384 e. The second-order valence-electron chi connectivity index (χ2n) is 6.13.